The van der Waals surface area contributed by atoms with E-state index in [1.165, 1.54) is 7.11 Å². The number of benzene rings is 1. The molecule has 21 heavy (non-hydrogen) atoms. The highest BCUT2D eigenvalue weighted by Gasteiger charge is 2.06. The highest BCUT2D eigenvalue weighted by atomic mass is 79.9. The first kappa shape index (κ1) is 17.5. The number of methoxy groups -OCH3 is 1. The lowest BCUT2D eigenvalue weighted by molar-refractivity contribution is -0.140. The molecule has 1 amide bonds. The maximum atomic E-state index is 11.8. The zero-order valence-corrected chi connectivity index (χ0v) is 13.7. The minimum atomic E-state index is -0.182. The number of hydrogen-bond donors (Lipinski definition) is 2. The molecule has 0 aliphatic carbocycles. The number of carbonyl (C=O) groups excluding carboxylic acids is 2. The number of rotatable bonds is 8. The van der Waals surface area contributed by atoms with Crippen molar-refractivity contribution in [3.63, 3.8) is 0 Å². The number of halogens is 1. The molecule has 5 nitrogen and oxygen atoms in total. The molecule has 1 aromatic carbocycles. The molecule has 0 aliphatic rings. The highest BCUT2D eigenvalue weighted by Crippen LogP contribution is 2.23. The number of esters is 1. The number of nitrogens with two attached hydrogens (primary N) is 1. The molecular formula is C15H21BrN2O3. The van der Waals surface area contributed by atoms with Gasteiger partial charge >= 0.3 is 5.97 Å². The molecule has 3 N–H and O–H groups in total. The van der Waals surface area contributed by atoms with Gasteiger partial charge in [0.15, 0.2) is 0 Å². The number of nitrogens with one attached hydrogen (secondary N) is 1. The molecule has 0 atom stereocenters. The van der Waals surface area contributed by atoms with E-state index in [0.29, 0.717) is 24.2 Å². The van der Waals surface area contributed by atoms with E-state index in [1.807, 2.05) is 6.07 Å². The molecule has 0 spiro atoms. The summed E-state index contributed by atoms with van der Waals surface area (Å²) >= 11 is 3.32. The number of carbonyl (C=O) groups is 2. The van der Waals surface area contributed by atoms with Crippen molar-refractivity contribution in [1.29, 1.82) is 0 Å². The fourth-order valence-corrected chi connectivity index (χ4v) is 2.25. The van der Waals surface area contributed by atoms with Gasteiger partial charge in [0.1, 0.15) is 0 Å². The van der Waals surface area contributed by atoms with Gasteiger partial charge in [-0.1, -0.05) is 28.8 Å². The lowest BCUT2D eigenvalue weighted by Crippen LogP contribution is -2.12. The zero-order chi connectivity index (χ0) is 15.7. The van der Waals surface area contributed by atoms with E-state index in [2.05, 4.69) is 26.0 Å². The lowest BCUT2D eigenvalue weighted by Gasteiger charge is -2.08. The smallest absolute Gasteiger partial charge is 0.305 e. The zero-order valence-electron chi connectivity index (χ0n) is 12.2. The fraction of sp³-hybridized carbons (Fsp3) is 0.467. The largest absolute Gasteiger partial charge is 0.469 e. The Morgan fingerprint density at radius 3 is 2.48 bits per heavy atom. The van der Waals surface area contributed by atoms with Crippen LogP contribution in [0.15, 0.2) is 22.7 Å². The molecule has 0 unspecified atom stereocenters. The van der Waals surface area contributed by atoms with E-state index in [-0.39, 0.29) is 11.9 Å². The average Bonchev–Trinajstić information content (AvgIpc) is 2.45. The summed E-state index contributed by atoms with van der Waals surface area (Å²) in [5, 5.41) is 2.80. The summed E-state index contributed by atoms with van der Waals surface area (Å²) in [6.07, 6.45) is 4.33. The van der Waals surface area contributed by atoms with Gasteiger partial charge < -0.3 is 15.8 Å². The molecule has 116 valence electrons. The third-order valence-electron chi connectivity index (χ3n) is 3.05. The number of amides is 1. The quantitative estimate of drug-likeness (QED) is 0.424. The number of unbranched alkanes of at least 4 members (excludes halogenated alkanes) is 3. The third kappa shape index (κ3) is 7.13. The molecule has 0 fully saturated rings. The standard InChI is InChI=1S/C15H21BrN2O3/c1-21-15(20)7-5-3-2-4-6-14(19)18-13-9-8-11(16)10-12(13)17/h8-10H,2-7,17H2,1H3,(H,18,19). The first-order valence-corrected chi connectivity index (χ1v) is 7.74. The van der Waals surface area contributed by atoms with E-state index in [4.69, 9.17) is 5.73 Å². The Morgan fingerprint density at radius 2 is 1.86 bits per heavy atom. The normalized spacial score (nSPS) is 10.2. The Balaban J connectivity index is 2.18. The van der Waals surface area contributed by atoms with Crippen LogP contribution in [0.25, 0.3) is 0 Å². The van der Waals surface area contributed by atoms with Crippen LogP contribution in [0.3, 0.4) is 0 Å². The summed E-state index contributed by atoms with van der Waals surface area (Å²) in [5.41, 5.74) is 6.99. The molecule has 0 aromatic heterocycles. The van der Waals surface area contributed by atoms with E-state index in [0.717, 1.165) is 30.2 Å². The van der Waals surface area contributed by atoms with Crippen molar-refractivity contribution < 1.29 is 14.3 Å². The van der Waals surface area contributed by atoms with Crippen molar-refractivity contribution in [1.82, 2.24) is 0 Å². The molecule has 0 saturated carbocycles. The van der Waals surface area contributed by atoms with Gasteiger partial charge in [0.05, 0.1) is 18.5 Å². The van der Waals surface area contributed by atoms with Crippen LogP contribution in [-0.4, -0.2) is 19.0 Å². The predicted molar refractivity (Wildman–Crippen MR) is 86.9 cm³/mol. The van der Waals surface area contributed by atoms with Crippen molar-refractivity contribution >= 4 is 39.2 Å². The molecule has 1 rings (SSSR count). The van der Waals surface area contributed by atoms with Gasteiger partial charge in [-0.25, -0.2) is 0 Å². The van der Waals surface area contributed by atoms with Crippen molar-refractivity contribution in [2.75, 3.05) is 18.2 Å². The maximum absolute atomic E-state index is 11.8. The monoisotopic (exact) mass is 356 g/mol. The molecule has 6 heteroatoms. The van der Waals surface area contributed by atoms with Gasteiger partial charge in [0.2, 0.25) is 5.91 Å². The van der Waals surface area contributed by atoms with E-state index >= 15 is 0 Å². The molecule has 0 bridgehead atoms. The van der Waals surface area contributed by atoms with E-state index in [1.54, 1.807) is 12.1 Å². The summed E-state index contributed by atoms with van der Waals surface area (Å²) in [7, 11) is 1.39. The highest BCUT2D eigenvalue weighted by molar-refractivity contribution is 9.10. The van der Waals surface area contributed by atoms with Crippen LogP contribution < -0.4 is 11.1 Å². The molecule has 0 aliphatic heterocycles. The molecule has 0 heterocycles. The Bertz CT molecular complexity index is 492. The van der Waals surface area contributed by atoms with Crippen molar-refractivity contribution in [3.05, 3.63) is 22.7 Å². The maximum Gasteiger partial charge on any atom is 0.305 e. The van der Waals surface area contributed by atoms with Crippen molar-refractivity contribution in [2.45, 2.75) is 38.5 Å². The van der Waals surface area contributed by atoms with Crippen molar-refractivity contribution in [2.24, 2.45) is 0 Å². The van der Waals surface area contributed by atoms with Gasteiger partial charge in [0.25, 0.3) is 0 Å². The predicted octanol–water partition coefficient (Wildman–Crippen LogP) is 3.48. The Morgan fingerprint density at radius 1 is 1.19 bits per heavy atom. The van der Waals surface area contributed by atoms with Gasteiger partial charge in [-0.05, 0) is 31.0 Å². The van der Waals surface area contributed by atoms with Crippen LogP contribution in [0.2, 0.25) is 0 Å². The Hall–Kier alpha value is -1.56. The summed E-state index contributed by atoms with van der Waals surface area (Å²) in [6.45, 7) is 0. The van der Waals surface area contributed by atoms with Crippen LogP contribution in [0.1, 0.15) is 38.5 Å². The SMILES string of the molecule is COC(=O)CCCCCCC(=O)Nc1ccc(Br)cc1N. The van der Waals surface area contributed by atoms with Gasteiger partial charge in [-0.3, -0.25) is 9.59 Å². The second kappa shape index (κ2) is 9.39. The first-order valence-electron chi connectivity index (χ1n) is 6.94. The van der Waals surface area contributed by atoms with Gasteiger partial charge in [0, 0.05) is 17.3 Å². The fourth-order valence-electron chi connectivity index (χ4n) is 1.87. The van der Waals surface area contributed by atoms with Crippen LogP contribution in [-0.2, 0) is 14.3 Å². The van der Waals surface area contributed by atoms with Crippen LogP contribution in [0.4, 0.5) is 11.4 Å². The summed E-state index contributed by atoms with van der Waals surface area (Å²) in [6, 6.07) is 5.36. The lowest BCUT2D eigenvalue weighted by atomic mass is 10.1. The summed E-state index contributed by atoms with van der Waals surface area (Å²) in [5.74, 6) is -0.226. The van der Waals surface area contributed by atoms with E-state index < -0.39 is 0 Å². The Kier molecular flexibility index (Phi) is 7.82. The average molecular weight is 357 g/mol. The molecule has 0 radical (unpaired) electrons. The van der Waals surface area contributed by atoms with Gasteiger partial charge in [-0.15, -0.1) is 0 Å². The number of nitrogen functional groups attached to an aromatic ring is 1. The minimum Gasteiger partial charge on any atom is -0.469 e. The van der Waals surface area contributed by atoms with Crippen molar-refractivity contribution in [3.8, 4) is 0 Å². The number of hydrogen-bond acceptors (Lipinski definition) is 4. The summed E-state index contributed by atoms with van der Waals surface area (Å²) in [4.78, 5) is 22.7. The van der Waals surface area contributed by atoms with Gasteiger partial charge in [-0.2, -0.15) is 0 Å². The second-order valence-electron chi connectivity index (χ2n) is 4.77. The van der Waals surface area contributed by atoms with E-state index in [9.17, 15) is 9.59 Å². The summed E-state index contributed by atoms with van der Waals surface area (Å²) < 4.78 is 5.44. The van der Waals surface area contributed by atoms with Crippen LogP contribution in [0, 0.1) is 0 Å². The van der Waals surface area contributed by atoms with Crippen LogP contribution >= 0.6 is 15.9 Å². The molecule has 0 saturated heterocycles. The van der Waals surface area contributed by atoms with Crippen LogP contribution in [0.5, 0.6) is 0 Å². The topological polar surface area (TPSA) is 81.4 Å². The first-order chi connectivity index (χ1) is 10.0. The Labute approximate surface area is 133 Å². The molecule has 1 aromatic rings. The second-order valence-corrected chi connectivity index (χ2v) is 5.69. The molecular weight excluding hydrogens is 336 g/mol. The minimum absolute atomic E-state index is 0.0445. The third-order valence-corrected chi connectivity index (χ3v) is 3.54. The number of anilines is 2. The number of ether oxygens (including phenoxy) is 1.